The molecular formula is C11H24N6O2S. The molecule has 0 bridgehead atoms. The van der Waals surface area contributed by atoms with Crippen molar-refractivity contribution in [1.82, 2.24) is 29.1 Å². The summed E-state index contributed by atoms with van der Waals surface area (Å²) in [5.74, 6) is 0.573. The van der Waals surface area contributed by atoms with E-state index in [0.29, 0.717) is 18.4 Å². The lowest BCUT2D eigenvalue weighted by Crippen LogP contribution is -2.39. The SMILES string of the molecule is CC(C)NCCCN(C)S(=O)(=O)NCc1nncn1C. The number of nitrogens with zero attached hydrogens (tertiary/aromatic N) is 4. The summed E-state index contributed by atoms with van der Waals surface area (Å²) < 4.78 is 29.5. The number of hydrogen-bond acceptors (Lipinski definition) is 5. The van der Waals surface area contributed by atoms with Gasteiger partial charge in [-0.05, 0) is 13.0 Å². The van der Waals surface area contributed by atoms with Gasteiger partial charge in [-0.1, -0.05) is 13.8 Å². The van der Waals surface area contributed by atoms with Crippen molar-refractivity contribution < 1.29 is 8.42 Å². The summed E-state index contributed by atoms with van der Waals surface area (Å²) in [7, 11) is -0.147. The minimum atomic E-state index is -3.48. The van der Waals surface area contributed by atoms with Crippen molar-refractivity contribution in [1.29, 1.82) is 0 Å². The number of rotatable bonds is 9. The van der Waals surface area contributed by atoms with Gasteiger partial charge in [-0.25, -0.2) is 0 Å². The molecule has 116 valence electrons. The Balaban J connectivity index is 2.37. The molecule has 0 fully saturated rings. The molecule has 0 aliphatic heterocycles. The maximum Gasteiger partial charge on any atom is 0.279 e. The molecule has 0 atom stereocenters. The fourth-order valence-corrected chi connectivity index (χ4v) is 2.45. The molecule has 20 heavy (non-hydrogen) atoms. The first kappa shape index (κ1) is 17.0. The minimum absolute atomic E-state index is 0.132. The van der Waals surface area contributed by atoms with Gasteiger partial charge in [0.2, 0.25) is 0 Å². The van der Waals surface area contributed by atoms with Gasteiger partial charge in [-0.2, -0.15) is 17.4 Å². The molecule has 0 spiro atoms. The minimum Gasteiger partial charge on any atom is -0.320 e. The Morgan fingerprint density at radius 1 is 1.45 bits per heavy atom. The highest BCUT2D eigenvalue weighted by Crippen LogP contribution is 1.98. The summed E-state index contributed by atoms with van der Waals surface area (Å²) in [6.45, 7) is 5.51. The lowest BCUT2D eigenvalue weighted by molar-refractivity contribution is 0.438. The van der Waals surface area contributed by atoms with Crippen molar-refractivity contribution in [3.63, 3.8) is 0 Å². The molecule has 0 aromatic carbocycles. The summed E-state index contributed by atoms with van der Waals surface area (Å²) in [4.78, 5) is 0. The van der Waals surface area contributed by atoms with Crippen LogP contribution < -0.4 is 10.0 Å². The molecule has 8 nitrogen and oxygen atoms in total. The third-order valence-electron chi connectivity index (χ3n) is 2.83. The Morgan fingerprint density at radius 3 is 2.70 bits per heavy atom. The van der Waals surface area contributed by atoms with Crippen molar-refractivity contribution in [2.45, 2.75) is 32.9 Å². The lowest BCUT2D eigenvalue weighted by Gasteiger charge is -2.18. The zero-order valence-corrected chi connectivity index (χ0v) is 13.3. The summed E-state index contributed by atoms with van der Waals surface area (Å²) in [6, 6.07) is 0.408. The van der Waals surface area contributed by atoms with E-state index in [-0.39, 0.29) is 6.54 Å². The molecule has 0 unspecified atom stereocenters. The van der Waals surface area contributed by atoms with Crippen LogP contribution in [0.3, 0.4) is 0 Å². The normalized spacial score (nSPS) is 12.5. The lowest BCUT2D eigenvalue weighted by atomic mass is 10.3. The van der Waals surface area contributed by atoms with E-state index >= 15 is 0 Å². The van der Waals surface area contributed by atoms with E-state index in [4.69, 9.17) is 0 Å². The predicted octanol–water partition coefficient (Wildman–Crippen LogP) is -0.531. The fourth-order valence-electron chi connectivity index (χ4n) is 1.55. The summed E-state index contributed by atoms with van der Waals surface area (Å²) in [6.07, 6.45) is 2.30. The van der Waals surface area contributed by atoms with Crippen LogP contribution in [-0.4, -0.2) is 53.7 Å². The van der Waals surface area contributed by atoms with Crippen molar-refractivity contribution in [2.75, 3.05) is 20.1 Å². The standard InChI is InChI=1S/C11H24N6O2S/c1-10(2)12-6-5-7-17(4)20(18,19)14-8-11-15-13-9-16(11)3/h9-10,12,14H,5-8H2,1-4H3. The van der Waals surface area contributed by atoms with Gasteiger partial charge in [-0.15, -0.1) is 10.2 Å². The number of aromatic nitrogens is 3. The molecule has 0 amide bonds. The van der Waals surface area contributed by atoms with E-state index in [1.807, 2.05) is 0 Å². The molecule has 1 aromatic rings. The smallest absolute Gasteiger partial charge is 0.279 e. The Labute approximate surface area is 120 Å². The molecular weight excluding hydrogens is 280 g/mol. The van der Waals surface area contributed by atoms with Gasteiger partial charge >= 0.3 is 0 Å². The number of aryl methyl sites for hydroxylation is 1. The van der Waals surface area contributed by atoms with Crippen LogP contribution in [-0.2, 0) is 23.8 Å². The third kappa shape index (κ3) is 5.53. The average molecular weight is 304 g/mol. The van der Waals surface area contributed by atoms with Crippen LogP contribution >= 0.6 is 0 Å². The van der Waals surface area contributed by atoms with Crippen LogP contribution in [0.5, 0.6) is 0 Å². The van der Waals surface area contributed by atoms with Crippen molar-refractivity contribution in [2.24, 2.45) is 7.05 Å². The van der Waals surface area contributed by atoms with E-state index in [0.717, 1.165) is 13.0 Å². The molecule has 2 N–H and O–H groups in total. The Kier molecular flexibility index (Phi) is 6.53. The highest BCUT2D eigenvalue weighted by atomic mass is 32.2. The monoisotopic (exact) mass is 304 g/mol. The second kappa shape index (κ2) is 7.67. The number of hydrogen-bond donors (Lipinski definition) is 2. The van der Waals surface area contributed by atoms with E-state index < -0.39 is 10.2 Å². The van der Waals surface area contributed by atoms with Crippen molar-refractivity contribution in [3.8, 4) is 0 Å². The van der Waals surface area contributed by atoms with Gasteiger partial charge < -0.3 is 9.88 Å². The number of nitrogens with one attached hydrogen (secondary N) is 2. The fraction of sp³-hybridized carbons (Fsp3) is 0.818. The van der Waals surface area contributed by atoms with Crippen LogP contribution in [0.4, 0.5) is 0 Å². The summed E-state index contributed by atoms with van der Waals surface area (Å²) in [5.41, 5.74) is 0. The maximum absolute atomic E-state index is 12.0. The Hall–Kier alpha value is -1.03. The van der Waals surface area contributed by atoms with Gasteiger partial charge in [0.1, 0.15) is 12.2 Å². The van der Waals surface area contributed by atoms with Crippen LogP contribution in [0.2, 0.25) is 0 Å². The molecule has 0 aliphatic carbocycles. The molecule has 0 aliphatic rings. The molecule has 1 heterocycles. The molecule has 1 rings (SSSR count). The Bertz CT molecular complexity index is 499. The molecule has 0 radical (unpaired) electrons. The first-order chi connectivity index (χ1) is 9.33. The highest BCUT2D eigenvalue weighted by molar-refractivity contribution is 7.87. The largest absolute Gasteiger partial charge is 0.320 e. The maximum atomic E-state index is 12.0. The molecule has 0 saturated heterocycles. The van der Waals surface area contributed by atoms with Crippen LogP contribution in [0.1, 0.15) is 26.1 Å². The van der Waals surface area contributed by atoms with Gasteiger partial charge in [0.25, 0.3) is 10.2 Å². The van der Waals surface area contributed by atoms with E-state index in [9.17, 15) is 8.42 Å². The molecule has 0 saturated carbocycles. The first-order valence-corrected chi connectivity index (χ1v) is 8.04. The molecule has 9 heteroatoms. The summed E-state index contributed by atoms with van der Waals surface area (Å²) >= 11 is 0. The van der Waals surface area contributed by atoms with Gasteiger partial charge in [0, 0.05) is 26.7 Å². The Morgan fingerprint density at radius 2 is 2.15 bits per heavy atom. The predicted molar refractivity (Wildman–Crippen MR) is 77.1 cm³/mol. The van der Waals surface area contributed by atoms with E-state index in [1.165, 1.54) is 10.6 Å². The molecule has 1 aromatic heterocycles. The van der Waals surface area contributed by atoms with Gasteiger partial charge in [0.05, 0.1) is 6.54 Å². The third-order valence-corrected chi connectivity index (χ3v) is 4.34. The van der Waals surface area contributed by atoms with Gasteiger partial charge in [-0.3, -0.25) is 0 Å². The van der Waals surface area contributed by atoms with Crippen LogP contribution in [0.25, 0.3) is 0 Å². The zero-order chi connectivity index (χ0) is 15.2. The topological polar surface area (TPSA) is 92.2 Å². The van der Waals surface area contributed by atoms with Crippen LogP contribution in [0.15, 0.2) is 6.33 Å². The second-order valence-electron chi connectivity index (χ2n) is 4.97. The van der Waals surface area contributed by atoms with Crippen LogP contribution in [0, 0.1) is 0 Å². The summed E-state index contributed by atoms with van der Waals surface area (Å²) in [5, 5.41) is 10.8. The first-order valence-electron chi connectivity index (χ1n) is 6.60. The van der Waals surface area contributed by atoms with Crippen molar-refractivity contribution >= 4 is 10.2 Å². The van der Waals surface area contributed by atoms with Crippen molar-refractivity contribution in [3.05, 3.63) is 12.2 Å². The average Bonchev–Trinajstić information content (AvgIpc) is 2.77. The zero-order valence-electron chi connectivity index (χ0n) is 12.5. The van der Waals surface area contributed by atoms with E-state index in [2.05, 4.69) is 34.1 Å². The highest BCUT2D eigenvalue weighted by Gasteiger charge is 2.17. The quantitative estimate of drug-likeness (QED) is 0.598. The van der Waals surface area contributed by atoms with Gasteiger partial charge in [0.15, 0.2) is 0 Å². The van der Waals surface area contributed by atoms with E-state index in [1.54, 1.807) is 18.7 Å². The second-order valence-corrected chi connectivity index (χ2v) is 6.83.